The van der Waals surface area contributed by atoms with Crippen LogP contribution in [0.15, 0.2) is 6.33 Å². The Morgan fingerprint density at radius 2 is 2.00 bits per heavy atom. The number of piperidine rings is 1. The zero-order chi connectivity index (χ0) is 15.4. The molecule has 22 heavy (non-hydrogen) atoms. The van der Waals surface area contributed by atoms with Crippen molar-refractivity contribution < 1.29 is 4.79 Å². The van der Waals surface area contributed by atoms with Crippen molar-refractivity contribution in [1.29, 1.82) is 0 Å². The normalized spacial score (nSPS) is 20.5. The molecule has 0 bridgehead atoms. The molecule has 2 fully saturated rings. The van der Waals surface area contributed by atoms with Crippen LogP contribution in [0.3, 0.4) is 0 Å². The first-order chi connectivity index (χ1) is 10.8. The summed E-state index contributed by atoms with van der Waals surface area (Å²) in [7, 11) is 0. The first-order valence-corrected chi connectivity index (χ1v) is 8.68. The third-order valence-electron chi connectivity index (χ3n) is 5.09. The van der Waals surface area contributed by atoms with E-state index < -0.39 is 0 Å². The van der Waals surface area contributed by atoms with Gasteiger partial charge in [-0.05, 0) is 38.5 Å². The number of hydrogen-bond acceptors (Lipinski definition) is 3. The van der Waals surface area contributed by atoms with Gasteiger partial charge in [0.25, 0.3) is 0 Å². The molecule has 0 spiro atoms. The summed E-state index contributed by atoms with van der Waals surface area (Å²) < 4.78 is 2.11. The van der Waals surface area contributed by atoms with Gasteiger partial charge in [-0.15, -0.1) is 10.2 Å². The average Bonchev–Trinajstić information content (AvgIpc) is 3.19. The molecular weight excluding hydrogens is 278 g/mol. The quantitative estimate of drug-likeness (QED) is 0.927. The molecule has 6 nitrogen and oxygen atoms in total. The van der Waals surface area contributed by atoms with Gasteiger partial charge in [-0.25, -0.2) is 4.79 Å². The molecule has 0 unspecified atom stereocenters. The van der Waals surface area contributed by atoms with E-state index in [4.69, 9.17) is 0 Å². The minimum atomic E-state index is 0.141. The fourth-order valence-electron chi connectivity index (χ4n) is 3.64. The van der Waals surface area contributed by atoms with Crippen LogP contribution in [-0.4, -0.2) is 44.8 Å². The Bertz CT molecular complexity index is 486. The predicted molar refractivity (Wildman–Crippen MR) is 84.5 cm³/mol. The number of likely N-dealkylation sites (tertiary alicyclic amines) is 1. The van der Waals surface area contributed by atoms with Crippen LogP contribution in [0, 0.1) is 5.92 Å². The van der Waals surface area contributed by atoms with Crippen LogP contribution in [0.2, 0.25) is 0 Å². The second-order valence-electron chi connectivity index (χ2n) is 6.60. The fourth-order valence-corrected chi connectivity index (χ4v) is 3.64. The van der Waals surface area contributed by atoms with E-state index in [1.807, 2.05) is 4.90 Å². The monoisotopic (exact) mass is 305 g/mol. The molecule has 0 radical (unpaired) electrons. The Morgan fingerprint density at radius 1 is 1.27 bits per heavy atom. The van der Waals surface area contributed by atoms with Crippen LogP contribution < -0.4 is 5.32 Å². The largest absolute Gasteiger partial charge is 0.335 e. The van der Waals surface area contributed by atoms with Gasteiger partial charge in [0, 0.05) is 32.1 Å². The molecule has 1 saturated heterocycles. The topological polar surface area (TPSA) is 63.1 Å². The number of rotatable bonds is 4. The maximum Gasteiger partial charge on any atom is 0.317 e. The standard InChI is InChI=1S/C16H27N5O/c1-2-20-12-17-19-15(20)11-13-7-9-21(10-8-13)16(22)18-14-5-3-4-6-14/h12-14H,2-11H2,1H3,(H,18,22). The molecule has 2 heterocycles. The van der Waals surface area contributed by atoms with Gasteiger partial charge in [-0.3, -0.25) is 0 Å². The summed E-state index contributed by atoms with van der Waals surface area (Å²) in [6.45, 7) is 4.76. The maximum absolute atomic E-state index is 12.3. The molecule has 6 heteroatoms. The van der Waals surface area contributed by atoms with Crippen molar-refractivity contribution >= 4 is 6.03 Å². The van der Waals surface area contributed by atoms with E-state index in [9.17, 15) is 4.79 Å². The highest BCUT2D eigenvalue weighted by atomic mass is 16.2. The zero-order valence-electron chi connectivity index (χ0n) is 13.5. The summed E-state index contributed by atoms with van der Waals surface area (Å²) in [5, 5.41) is 11.4. The van der Waals surface area contributed by atoms with E-state index in [0.29, 0.717) is 12.0 Å². The van der Waals surface area contributed by atoms with Gasteiger partial charge in [0.05, 0.1) is 0 Å². The van der Waals surface area contributed by atoms with Crippen molar-refractivity contribution in [2.24, 2.45) is 5.92 Å². The zero-order valence-corrected chi connectivity index (χ0v) is 13.5. The van der Waals surface area contributed by atoms with E-state index in [0.717, 1.165) is 57.6 Å². The predicted octanol–water partition coefficient (Wildman–Crippen LogP) is 2.20. The highest BCUT2D eigenvalue weighted by molar-refractivity contribution is 5.74. The number of aryl methyl sites for hydroxylation is 1. The highest BCUT2D eigenvalue weighted by Crippen LogP contribution is 2.22. The Hall–Kier alpha value is -1.59. The molecule has 2 amide bonds. The van der Waals surface area contributed by atoms with Crippen molar-refractivity contribution in [3.63, 3.8) is 0 Å². The first-order valence-electron chi connectivity index (χ1n) is 8.68. The first kappa shape index (κ1) is 15.3. The SMILES string of the molecule is CCn1cnnc1CC1CCN(C(=O)NC2CCCC2)CC1. The number of nitrogens with zero attached hydrogens (tertiary/aromatic N) is 4. The Balaban J connectivity index is 1.44. The molecule has 122 valence electrons. The van der Waals surface area contributed by atoms with E-state index in [-0.39, 0.29) is 6.03 Å². The molecule has 1 N–H and O–H groups in total. The van der Waals surface area contributed by atoms with Gasteiger partial charge in [-0.2, -0.15) is 0 Å². The van der Waals surface area contributed by atoms with Crippen LogP contribution in [0.4, 0.5) is 4.79 Å². The van der Waals surface area contributed by atoms with Gasteiger partial charge >= 0.3 is 6.03 Å². The summed E-state index contributed by atoms with van der Waals surface area (Å²) in [5.41, 5.74) is 0. The van der Waals surface area contributed by atoms with Crippen LogP contribution in [0.5, 0.6) is 0 Å². The molecule has 1 aliphatic carbocycles. The van der Waals surface area contributed by atoms with Gasteiger partial charge < -0.3 is 14.8 Å². The number of carbonyl (C=O) groups excluding carboxylic acids is 1. The van der Waals surface area contributed by atoms with Crippen molar-refractivity contribution in [3.05, 3.63) is 12.2 Å². The highest BCUT2D eigenvalue weighted by Gasteiger charge is 2.26. The van der Waals surface area contributed by atoms with E-state index >= 15 is 0 Å². The van der Waals surface area contributed by atoms with Crippen LogP contribution in [0.25, 0.3) is 0 Å². The third kappa shape index (κ3) is 3.59. The molecule has 1 aromatic heterocycles. The maximum atomic E-state index is 12.3. The summed E-state index contributed by atoms with van der Waals surface area (Å²) in [4.78, 5) is 14.3. The van der Waals surface area contributed by atoms with Gasteiger partial charge in [0.2, 0.25) is 0 Å². The Morgan fingerprint density at radius 3 is 2.68 bits per heavy atom. The smallest absolute Gasteiger partial charge is 0.317 e. The number of nitrogens with one attached hydrogen (secondary N) is 1. The lowest BCUT2D eigenvalue weighted by Gasteiger charge is -2.32. The van der Waals surface area contributed by atoms with Crippen molar-refractivity contribution in [2.45, 2.75) is 64.5 Å². The van der Waals surface area contributed by atoms with E-state index in [1.165, 1.54) is 12.8 Å². The van der Waals surface area contributed by atoms with Crippen molar-refractivity contribution in [2.75, 3.05) is 13.1 Å². The number of carbonyl (C=O) groups is 1. The molecule has 3 rings (SSSR count). The van der Waals surface area contributed by atoms with Crippen LogP contribution >= 0.6 is 0 Å². The molecule has 1 aliphatic heterocycles. The molecule has 1 aromatic rings. The summed E-state index contributed by atoms with van der Waals surface area (Å²) in [6, 6.07) is 0.551. The molecule has 1 saturated carbocycles. The van der Waals surface area contributed by atoms with E-state index in [2.05, 4.69) is 27.0 Å². The fraction of sp³-hybridized carbons (Fsp3) is 0.812. The Labute approximate surface area is 132 Å². The van der Waals surface area contributed by atoms with E-state index in [1.54, 1.807) is 6.33 Å². The minimum Gasteiger partial charge on any atom is -0.335 e. The molecule has 0 atom stereocenters. The molecule has 0 aromatic carbocycles. The number of hydrogen-bond donors (Lipinski definition) is 1. The summed E-state index contributed by atoms with van der Waals surface area (Å²) >= 11 is 0. The van der Waals surface area contributed by atoms with Gasteiger partial charge in [0.15, 0.2) is 0 Å². The lowest BCUT2D eigenvalue weighted by molar-refractivity contribution is 0.166. The molecular formula is C16H27N5O. The lowest BCUT2D eigenvalue weighted by Crippen LogP contribution is -2.47. The summed E-state index contributed by atoms with van der Waals surface area (Å²) in [5.74, 6) is 1.70. The number of urea groups is 1. The van der Waals surface area contributed by atoms with Gasteiger partial charge in [0.1, 0.15) is 12.2 Å². The van der Waals surface area contributed by atoms with Crippen LogP contribution in [-0.2, 0) is 13.0 Å². The van der Waals surface area contributed by atoms with Crippen molar-refractivity contribution in [3.8, 4) is 0 Å². The second-order valence-corrected chi connectivity index (χ2v) is 6.60. The van der Waals surface area contributed by atoms with Crippen molar-refractivity contribution in [1.82, 2.24) is 25.0 Å². The Kier molecular flexibility index (Phi) is 4.95. The molecule has 2 aliphatic rings. The number of aromatic nitrogens is 3. The minimum absolute atomic E-state index is 0.141. The second kappa shape index (κ2) is 7.11. The lowest BCUT2D eigenvalue weighted by atomic mass is 9.93. The van der Waals surface area contributed by atoms with Crippen LogP contribution in [0.1, 0.15) is 51.3 Å². The average molecular weight is 305 g/mol. The number of amides is 2. The summed E-state index contributed by atoms with van der Waals surface area (Å²) in [6.07, 6.45) is 9.72. The third-order valence-corrected chi connectivity index (χ3v) is 5.09. The van der Waals surface area contributed by atoms with Gasteiger partial charge in [-0.1, -0.05) is 12.8 Å².